The fourth-order valence-corrected chi connectivity index (χ4v) is 2.43. The summed E-state index contributed by atoms with van der Waals surface area (Å²) in [7, 11) is -3.41. The Morgan fingerprint density at radius 2 is 1.94 bits per heavy atom. The molecule has 0 aliphatic rings. The van der Waals surface area contributed by atoms with Gasteiger partial charge < -0.3 is 5.73 Å². The summed E-state index contributed by atoms with van der Waals surface area (Å²) in [6.45, 7) is 2.11. The average molecular weight is 260 g/mol. The first-order valence-electron chi connectivity index (χ1n) is 5.40. The molecule has 0 aliphatic carbocycles. The van der Waals surface area contributed by atoms with Crippen LogP contribution in [-0.4, -0.2) is 21.0 Å². The maximum Gasteiger partial charge on any atom is 0.215 e. The van der Waals surface area contributed by atoms with Gasteiger partial charge in [-0.1, -0.05) is 19.1 Å². The summed E-state index contributed by atoms with van der Waals surface area (Å²) in [5.41, 5.74) is 6.16. The number of hydrogen-bond donors (Lipinski definition) is 2. The monoisotopic (exact) mass is 260 g/mol. The van der Waals surface area contributed by atoms with E-state index in [0.717, 1.165) is 0 Å². The van der Waals surface area contributed by atoms with Gasteiger partial charge in [0.1, 0.15) is 5.82 Å². The normalized spacial score (nSPS) is 13.6. The van der Waals surface area contributed by atoms with Gasteiger partial charge in [-0.15, -0.1) is 0 Å². The maximum atomic E-state index is 12.6. The first-order valence-corrected chi connectivity index (χ1v) is 7.05. The summed E-state index contributed by atoms with van der Waals surface area (Å²) in [5, 5.41) is 0. The summed E-state index contributed by atoms with van der Waals surface area (Å²) >= 11 is 0. The van der Waals surface area contributed by atoms with Crippen molar-refractivity contribution in [3.8, 4) is 0 Å². The van der Waals surface area contributed by atoms with Crippen molar-refractivity contribution in [2.24, 2.45) is 5.73 Å². The Morgan fingerprint density at radius 3 is 2.47 bits per heavy atom. The van der Waals surface area contributed by atoms with E-state index >= 15 is 0 Å². The van der Waals surface area contributed by atoms with E-state index in [1.54, 1.807) is 0 Å². The third kappa shape index (κ3) is 5.25. The minimum absolute atomic E-state index is 0.163. The average Bonchev–Trinajstić information content (AvgIpc) is 2.29. The molecule has 6 heteroatoms. The van der Waals surface area contributed by atoms with Crippen molar-refractivity contribution >= 4 is 10.0 Å². The molecule has 0 amide bonds. The van der Waals surface area contributed by atoms with Crippen LogP contribution in [0.2, 0.25) is 0 Å². The molecule has 0 saturated carbocycles. The van der Waals surface area contributed by atoms with Crippen LogP contribution in [0.4, 0.5) is 4.39 Å². The van der Waals surface area contributed by atoms with E-state index in [2.05, 4.69) is 4.72 Å². The fourth-order valence-electron chi connectivity index (χ4n) is 1.23. The summed E-state index contributed by atoms with van der Waals surface area (Å²) in [6.07, 6.45) is 0.707. The van der Waals surface area contributed by atoms with Gasteiger partial charge in [0, 0.05) is 12.6 Å². The van der Waals surface area contributed by atoms with Gasteiger partial charge in [0.15, 0.2) is 0 Å². The molecule has 0 saturated heterocycles. The van der Waals surface area contributed by atoms with E-state index in [1.165, 1.54) is 24.3 Å². The van der Waals surface area contributed by atoms with Crippen LogP contribution in [-0.2, 0) is 15.8 Å². The van der Waals surface area contributed by atoms with Crippen LogP contribution >= 0.6 is 0 Å². The number of benzene rings is 1. The van der Waals surface area contributed by atoms with Crippen LogP contribution in [0.5, 0.6) is 0 Å². The van der Waals surface area contributed by atoms with Gasteiger partial charge in [-0.05, 0) is 24.1 Å². The molecule has 4 nitrogen and oxygen atoms in total. The van der Waals surface area contributed by atoms with Gasteiger partial charge in [0.2, 0.25) is 10.0 Å². The second-order valence-electron chi connectivity index (χ2n) is 3.90. The molecule has 0 heterocycles. The number of sulfonamides is 1. The Kier molecular flexibility index (Phi) is 5.04. The Labute approximate surface area is 101 Å². The molecule has 0 fully saturated rings. The molecule has 0 bridgehead atoms. The molecule has 1 aromatic rings. The predicted molar refractivity (Wildman–Crippen MR) is 65.3 cm³/mol. The number of halogens is 1. The molecule has 0 radical (unpaired) electrons. The lowest BCUT2D eigenvalue weighted by Gasteiger charge is -2.10. The maximum absolute atomic E-state index is 12.6. The van der Waals surface area contributed by atoms with Crippen molar-refractivity contribution in [1.29, 1.82) is 0 Å². The van der Waals surface area contributed by atoms with Gasteiger partial charge in [-0.2, -0.15) is 0 Å². The zero-order valence-corrected chi connectivity index (χ0v) is 10.5. The standard InChI is InChI=1S/C11H17FN2O2S/c1-2-11(13)7-14-17(15,16)8-9-3-5-10(12)6-4-9/h3-6,11,14H,2,7-8,13H2,1H3. The minimum Gasteiger partial charge on any atom is -0.327 e. The van der Waals surface area contributed by atoms with E-state index in [9.17, 15) is 12.8 Å². The first-order chi connectivity index (χ1) is 7.93. The highest BCUT2D eigenvalue weighted by molar-refractivity contribution is 7.88. The molecule has 0 aliphatic heterocycles. The topological polar surface area (TPSA) is 72.2 Å². The predicted octanol–water partition coefficient (Wildman–Crippen LogP) is 0.982. The summed E-state index contributed by atoms with van der Waals surface area (Å²) in [6, 6.07) is 5.20. The Hall–Kier alpha value is -0.980. The van der Waals surface area contributed by atoms with Gasteiger partial charge >= 0.3 is 0 Å². The molecule has 96 valence electrons. The van der Waals surface area contributed by atoms with Crippen molar-refractivity contribution in [1.82, 2.24) is 4.72 Å². The highest BCUT2D eigenvalue weighted by Crippen LogP contribution is 2.06. The smallest absolute Gasteiger partial charge is 0.215 e. The fraction of sp³-hybridized carbons (Fsp3) is 0.455. The van der Waals surface area contributed by atoms with Gasteiger partial charge in [-0.3, -0.25) is 0 Å². The lowest BCUT2D eigenvalue weighted by atomic mass is 10.2. The molecule has 0 spiro atoms. The van der Waals surface area contributed by atoms with Crippen LogP contribution in [0.25, 0.3) is 0 Å². The quantitative estimate of drug-likeness (QED) is 0.801. The summed E-state index contributed by atoms with van der Waals surface area (Å²) in [5.74, 6) is -0.545. The number of nitrogens with one attached hydrogen (secondary N) is 1. The first kappa shape index (κ1) is 14.1. The van der Waals surface area contributed by atoms with Crippen molar-refractivity contribution < 1.29 is 12.8 Å². The molecule has 17 heavy (non-hydrogen) atoms. The molecule has 3 N–H and O–H groups in total. The summed E-state index contributed by atoms with van der Waals surface area (Å²) < 4.78 is 38.4. The largest absolute Gasteiger partial charge is 0.327 e. The van der Waals surface area contributed by atoms with Crippen molar-refractivity contribution in [2.45, 2.75) is 25.1 Å². The third-order valence-corrected chi connectivity index (χ3v) is 3.68. The van der Waals surface area contributed by atoms with Crippen LogP contribution in [0, 0.1) is 5.82 Å². The van der Waals surface area contributed by atoms with Gasteiger partial charge in [0.05, 0.1) is 5.75 Å². The molecule has 0 aromatic heterocycles. The van der Waals surface area contributed by atoms with Crippen molar-refractivity contribution in [2.75, 3.05) is 6.54 Å². The highest BCUT2D eigenvalue weighted by Gasteiger charge is 2.12. The highest BCUT2D eigenvalue weighted by atomic mass is 32.2. The summed E-state index contributed by atoms with van der Waals surface area (Å²) in [4.78, 5) is 0. The Balaban J connectivity index is 2.57. The van der Waals surface area contributed by atoms with Crippen molar-refractivity contribution in [3.05, 3.63) is 35.6 Å². The molecular formula is C11H17FN2O2S. The lowest BCUT2D eigenvalue weighted by Crippen LogP contribution is -2.37. The number of rotatable bonds is 6. The van der Waals surface area contributed by atoms with E-state index in [-0.39, 0.29) is 24.2 Å². The lowest BCUT2D eigenvalue weighted by molar-refractivity contribution is 0.563. The molecule has 1 atom stereocenters. The second-order valence-corrected chi connectivity index (χ2v) is 5.71. The third-order valence-electron chi connectivity index (χ3n) is 2.36. The van der Waals surface area contributed by atoms with E-state index < -0.39 is 10.0 Å². The minimum atomic E-state index is -3.41. The molecule has 1 rings (SSSR count). The molecule has 1 unspecified atom stereocenters. The second kappa shape index (κ2) is 6.09. The van der Waals surface area contributed by atoms with Gasteiger partial charge in [0.25, 0.3) is 0 Å². The van der Waals surface area contributed by atoms with E-state index in [4.69, 9.17) is 5.73 Å². The van der Waals surface area contributed by atoms with E-state index in [0.29, 0.717) is 12.0 Å². The van der Waals surface area contributed by atoms with Crippen LogP contribution < -0.4 is 10.5 Å². The van der Waals surface area contributed by atoms with Crippen LogP contribution in [0.15, 0.2) is 24.3 Å². The Bertz CT molecular complexity index is 445. The SMILES string of the molecule is CCC(N)CNS(=O)(=O)Cc1ccc(F)cc1. The zero-order valence-electron chi connectivity index (χ0n) is 9.69. The van der Waals surface area contributed by atoms with Gasteiger partial charge in [-0.25, -0.2) is 17.5 Å². The Morgan fingerprint density at radius 1 is 1.35 bits per heavy atom. The molecule has 1 aromatic carbocycles. The number of hydrogen-bond acceptors (Lipinski definition) is 3. The van der Waals surface area contributed by atoms with Crippen LogP contribution in [0.1, 0.15) is 18.9 Å². The van der Waals surface area contributed by atoms with Crippen molar-refractivity contribution in [3.63, 3.8) is 0 Å². The van der Waals surface area contributed by atoms with Crippen LogP contribution in [0.3, 0.4) is 0 Å². The molecular weight excluding hydrogens is 243 g/mol. The number of nitrogens with two attached hydrogens (primary N) is 1. The van der Waals surface area contributed by atoms with E-state index in [1.807, 2.05) is 6.92 Å². The zero-order chi connectivity index (χ0) is 12.9.